The summed E-state index contributed by atoms with van der Waals surface area (Å²) in [5.74, 6) is -0.297. The molecule has 3 heterocycles. The van der Waals surface area contributed by atoms with E-state index in [1.165, 1.54) is 6.26 Å². The predicted octanol–water partition coefficient (Wildman–Crippen LogP) is 3.76. The standard InChI is InChI=1S/C22H20N6O4S2/c1-13-19(20(29)30)33-22(25-13)28-21-26-17(15-4-3-9-23-12-15)10-18(27-21)24-11-14-5-7-16(8-6-14)34(2,31)32/h3-10,12H,11H2,1-2H3,(H,29,30)(H2,24,25,26,27,28). The number of rotatable bonds is 8. The fourth-order valence-electron chi connectivity index (χ4n) is 3.05. The maximum absolute atomic E-state index is 11.7. The molecular weight excluding hydrogens is 476 g/mol. The number of sulfone groups is 1. The molecule has 34 heavy (non-hydrogen) atoms. The summed E-state index contributed by atoms with van der Waals surface area (Å²) in [4.78, 5) is 29.1. The average molecular weight is 497 g/mol. The van der Waals surface area contributed by atoms with Crippen molar-refractivity contribution in [3.05, 3.63) is 71.0 Å². The second-order valence-electron chi connectivity index (χ2n) is 7.34. The predicted molar refractivity (Wildman–Crippen MR) is 129 cm³/mol. The van der Waals surface area contributed by atoms with Gasteiger partial charge in [-0.2, -0.15) is 4.98 Å². The van der Waals surface area contributed by atoms with Crippen LogP contribution in [0.25, 0.3) is 11.3 Å². The van der Waals surface area contributed by atoms with Gasteiger partial charge in [-0.25, -0.2) is 23.2 Å². The number of carbonyl (C=O) groups is 1. The Morgan fingerprint density at radius 3 is 2.50 bits per heavy atom. The Morgan fingerprint density at radius 1 is 1.12 bits per heavy atom. The summed E-state index contributed by atoms with van der Waals surface area (Å²) in [6.45, 7) is 2.02. The Bertz CT molecular complexity index is 1440. The molecule has 0 aliphatic rings. The Hall–Kier alpha value is -3.90. The van der Waals surface area contributed by atoms with Crippen LogP contribution < -0.4 is 10.6 Å². The minimum Gasteiger partial charge on any atom is -0.477 e. The van der Waals surface area contributed by atoms with Gasteiger partial charge in [-0.3, -0.25) is 10.3 Å². The summed E-state index contributed by atoms with van der Waals surface area (Å²) >= 11 is 1.000. The van der Waals surface area contributed by atoms with Gasteiger partial charge < -0.3 is 10.4 Å². The summed E-state index contributed by atoms with van der Waals surface area (Å²) in [6, 6.07) is 12.0. The van der Waals surface area contributed by atoms with Crippen LogP contribution in [-0.4, -0.2) is 45.7 Å². The number of hydrogen-bond acceptors (Lipinski definition) is 10. The molecule has 0 saturated carbocycles. The smallest absolute Gasteiger partial charge is 0.347 e. The van der Waals surface area contributed by atoms with Crippen LogP contribution in [0.4, 0.5) is 16.9 Å². The topological polar surface area (TPSA) is 147 Å². The van der Waals surface area contributed by atoms with E-state index in [1.54, 1.807) is 55.7 Å². The van der Waals surface area contributed by atoms with Crippen molar-refractivity contribution in [1.82, 2.24) is 19.9 Å². The first-order valence-electron chi connectivity index (χ1n) is 9.99. The van der Waals surface area contributed by atoms with Crippen molar-refractivity contribution in [3.63, 3.8) is 0 Å². The van der Waals surface area contributed by atoms with Crippen molar-refractivity contribution in [2.45, 2.75) is 18.4 Å². The summed E-state index contributed by atoms with van der Waals surface area (Å²) in [5, 5.41) is 15.9. The maximum Gasteiger partial charge on any atom is 0.347 e. The van der Waals surface area contributed by atoms with E-state index < -0.39 is 15.8 Å². The van der Waals surface area contributed by atoms with Gasteiger partial charge in [0.2, 0.25) is 5.95 Å². The Balaban J connectivity index is 1.61. The molecule has 0 fully saturated rings. The Labute approximate surface area is 199 Å². The third-order valence-electron chi connectivity index (χ3n) is 4.72. The van der Waals surface area contributed by atoms with Crippen LogP contribution in [0.3, 0.4) is 0 Å². The molecule has 0 amide bonds. The summed E-state index contributed by atoms with van der Waals surface area (Å²) < 4.78 is 23.3. The van der Waals surface area contributed by atoms with E-state index in [1.807, 2.05) is 6.07 Å². The number of thiazole rings is 1. The molecule has 3 N–H and O–H groups in total. The summed E-state index contributed by atoms with van der Waals surface area (Å²) in [7, 11) is -3.26. The van der Waals surface area contributed by atoms with Crippen molar-refractivity contribution in [3.8, 4) is 11.3 Å². The van der Waals surface area contributed by atoms with E-state index in [-0.39, 0.29) is 15.7 Å². The zero-order valence-electron chi connectivity index (χ0n) is 18.2. The number of carboxylic acid groups (broad SMARTS) is 1. The van der Waals surface area contributed by atoms with Crippen LogP contribution in [0.5, 0.6) is 0 Å². The molecule has 3 aromatic heterocycles. The summed E-state index contributed by atoms with van der Waals surface area (Å²) in [6.07, 6.45) is 4.50. The quantitative estimate of drug-likeness (QED) is 0.329. The van der Waals surface area contributed by atoms with Crippen LogP contribution in [0.2, 0.25) is 0 Å². The minimum absolute atomic E-state index is 0.141. The molecule has 174 valence electrons. The number of aromatic carboxylic acids is 1. The lowest BCUT2D eigenvalue weighted by Crippen LogP contribution is -2.06. The molecule has 12 heteroatoms. The average Bonchev–Trinajstić information content (AvgIpc) is 3.18. The highest BCUT2D eigenvalue weighted by Crippen LogP contribution is 2.27. The van der Waals surface area contributed by atoms with Gasteiger partial charge in [0.25, 0.3) is 0 Å². The third kappa shape index (κ3) is 5.53. The number of anilines is 3. The Morgan fingerprint density at radius 2 is 1.88 bits per heavy atom. The van der Waals surface area contributed by atoms with Gasteiger partial charge in [0, 0.05) is 36.8 Å². The van der Waals surface area contributed by atoms with Crippen LogP contribution in [0, 0.1) is 6.92 Å². The van der Waals surface area contributed by atoms with E-state index in [0.29, 0.717) is 28.9 Å². The van der Waals surface area contributed by atoms with E-state index in [2.05, 4.69) is 30.6 Å². The molecule has 4 rings (SSSR count). The first-order chi connectivity index (χ1) is 16.2. The molecule has 0 unspecified atom stereocenters. The summed E-state index contributed by atoms with van der Waals surface area (Å²) in [5.41, 5.74) is 2.65. The molecule has 0 spiro atoms. The first-order valence-corrected chi connectivity index (χ1v) is 12.7. The van der Waals surface area contributed by atoms with Crippen LogP contribution in [0.15, 0.2) is 59.8 Å². The monoisotopic (exact) mass is 496 g/mol. The van der Waals surface area contributed by atoms with E-state index in [9.17, 15) is 18.3 Å². The van der Waals surface area contributed by atoms with Gasteiger partial charge in [-0.15, -0.1) is 0 Å². The van der Waals surface area contributed by atoms with Crippen LogP contribution in [0.1, 0.15) is 20.9 Å². The second kappa shape index (κ2) is 9.53. The van der Waals surface area contributed by atoms with Gasteiger partial charge in [0.05, 0.1) is 16.3 Å². The van der Waals surface area contributed by atoms with Gasteiger partial charge in [-0.05, 0) is 36.8 Å². The lowest BCUT2D eigenvalue weighted by Gasteiger charge is -2.11. The fraction of sp³-hybridized carbons (Fsp3) is 0.136. The molecule has 4 aromatic rings. The highest BCUT2D eigenvalue weighted by molar-refractivity contribution is 7.90. The van der Waals surface area contributed by atoms with Crippen molar-refractivity contribution >= 4 is 44.0 Å². The van der Waals surface area contributed by atoms with E-state index in [4.69, 9.17) is 0 Å². The van der Waals surface area contributed by atoms with Gasteiger partial charge in [0.1, 0.15) is 10.7 Å². The molecular formula is C22H20N6O4S2. The molecule has 0 bridgehead atoms. The third-order valence-corrected chi connectivity index (χ3v) is 6.91. The van der Waals surface area contributed by atoms with Crippen molar-refractivity contribution in [2.75, 3.05) is 16.9 Å². The largest absolute Gasteiger partial charge is 0.477 e. The lowest BCUT2D eigenvalue weighted by atomic mass is 10.2. The fourth-order valence-corrected chi connectivity index (χ4v) is 4.48. The SMILES string of the molecule is Cc1nc(Nc2nc(NCc3ccc(S(C)(=O)=O)cc3)cc(-c3cccnc3)n2)sc1C(=O)O. The first kappa shape index (κ1) is 23.3. The second-order valence-corrected chi connectivity index (χ2v) is 10.4. The highest BCUT2D eigenvalue weighted by Gasteiger charge is 2.16. The molecule has 0 atom stereocenters. The number of nitrogens with one attached hydrogen (secondary N) is 2. The zero-order chi connectivity index (χ0) is 24.3. The number of benzene rings is 1. The van der Waals surface area contributed by atoms with E-state index >= 15 is 0 Å². The minimum atomic E-state index is -3.26. The molecule has 0 saturated heterocycles. The number of aromatic nitrogens is 4. The maximum atomic E-state index is 11.7. The normalized spacial score (nSPS) is 11.2. The van der Waals surface area contributed by atoms with Crippen LogP contribution >= 0.6 is 11.3 Å². The Kier molecular flexibility index (Phi) is 6.52. The number of nitrogens with zero attached hydrogens (tertiary/aromatic N) is 4. The van der Waals surface area contributed by atoms with Crippen molar-refractivity contribution in [1.29, 1.82) is 0 Å². The molecule has 0 aliphatic heterocycles. The number of carboxylic acids is 1. The molecule has 1 aromatic carbocycles. The molecule has 10 nitrogen and oxygen atoms in total. The molecule has 0 radical (unpaired) electrons. The number of pyridine rings is 1. The van der Waals surface area contributed by atoms with Gasteiger partial charge in [0.15, 0.2) is 15.0 Å². The van der Waals surface area contributed by atoms with Gasteiger partial charge in [-0.1, -0.05) is 23.5 Å². The number of hydrogen-bond donors (Lipinski definition) is 3. The number of aryl methyl sites for hydroxylation is 1. The van der Waals surface area contributed by atoms with E-state index in [0.717, 1.165) is 22.5 Å². The molecule has 0 aliphatic carbocycles. The highest BCUT2D eigenvalue weighted by atomic mass is 32.2. The van der Waals surface area contributed by atoms with Gasteiger partial charge >= 0.3 is 5.97 Å². The van der Waals surface area contributed by atoms with Crippen LogP contribution in [-0.2, 0) is 16.4 Å². The zero-order valence-corrected chi connectivity index (χ0v) is 19.8. The lowest BCUT2D eigenvalue weighted by molar-refractivity contribution is 0.0701. The van der Waals surface area contributed by atoms with Crippen molar-refractivity contribution in [2.24, 2.45) is 0 Å². The van der Waals surface area contributed by atoms with Crippen molar-refractivity contribution < 1.29 is 18.3 Å².